The molecule has 4 nitrogen and oxygen atoms in total. The summed E-state index contributed by atoms with van der Waals surface area (Å²) in [6, 6.07) is -0.343. The fourth-order valence-electron chi connectivity index (χ4n) is 0.355. The molecule has 0 aromatic rings. The quantitative estimate of drug-likeness (QED) is 0.319. The molecule has 0 aromatic heterocycles. The van der Waals surface area contributed by atoms with Crippen LogP contribution >= 0.6 is 0 Å². The standard InChI is InChI=1S/C5H12N2O2/c1-4(6)5(9)7-2-3-8/h3-5,7,9H,2,6H2,1H3/t4-,5?/m0/s1. The summed E-state index contributed by atoms with van der Waals surface area (Å²) in [5.74, 6) is 0. The summed E-state index contributed by atoms with van der Waals surface area (Å²) in [6.45, 7) is 1.80. The summed E-state index contributed by atoms with van der Waals surface area (Å²) in [7, 11) is 0. The SMILES string of the molecule is C[C@H](N)C(O)NCC=O. The number of nitrogens with two attached hydrogens (primary N) is 1. The Labute approximate surface area is 54.0 Å². The second-order valence-corrected chi connectivity index (χ2v) is 1.88. The number of carbonyl (C=O) groups is 1. The Balaban J connectivity index is 3.26. The molecule has 54 valence electrons. The number of aliphatic hydroxyl groups excluding tert-OH is 1. The van der Waals surface area contributed by atoms with Gasteiger partial charge in [0.25, 0.3) is 0 Å². The van der Waals surface area contributed by atoms with Crippen molar-refractivity contribution >= 4 is 6.29 Å². The summed E-state index contributed by atoms with van der Waals surface area (Å²) >= 11 is 0. The number of hydrogen-bond acceptors (Lipinski definition) is 4. The summed E-state index contributed by atoms with van der Waals surface area (Å²) in [4.78, 5) is 9.72. The van der Waals surface area contributed by atoms with Gasteiger partial charge in [-0.3, -0.25) is 5.32 Å². The predicted octanol–water partition coefficient (Wildman–Crippen LogP) is -1.56. The van der Waals surface area contributed by atoms with Gasteiger partial charge in [0.2, 0.25) is 0 Å². The van der Waals surface area contributed by atoms with Crippen LogP contribution in [0.2, 0.25) is 0 Å². The molecule has 0 aliphatic heterocycles. The van der Waals surface area contributed by atoms with Crippen molar-refractivity contribution in [3.05, 3.63) is 0 Å². The fourth-order valence-corrected chi connectivity index (χ4v) is 0.355. The highest BCUT2D eigenvalue weighted by atomic mass is 16.3. The van der Waals surface area contributed by atoms with E-state index in [2.05, 4.69) is 5.32 Å². The van der Waals surface area contributed by atoms with E-state index in [4.69, 9.17) is 10.8 Å². The van der Waals surface area contributed by atoms with Gasteiger partial charge in [0.15, 0.2) is 0 Å². The Morgan fingerprint density at radius 1 is 1.89 bits per heavy atom. The minimum atomic E-state index is -0.782. The van der Waals surface area contributed by atoms with Crippen molar-refractivity contribution in [2.45, 2.75) is 19.2 Å². The summed E-state index contributed by atoms with van der Waals surface area (Å²) < 4.78 is 0. The lowest BCUT2D eigenvalue weighted by Crippen LogP contribution is -2.43. The normalized spacial score (nSPS) is 16.8. The van der Waals surface area contributed by atoms with Crippen molar-refractivity contribution < 1.29 is 9.90 Å². The van der Waals surface area contributed by atoms with Crippen LogP contribution in [-0.2, 0) is 4.79 Å². The first-order valence-corrected chi connectivity index (χ1v) is 2.79. The van der Waals surface area contributed by atoms with E-state index in [9.17, 15) is 4.79 Å². The molecule has 0 aromatic carbocycles. The first-order valence-electron chi connectivity index (χ1n) is 2.79. The lowest BCUT2D eigenvalue weighted by Gasteiger charge is -2.13. The number of hydrogen-bond donors (Lipinski definition) is 3. The molecule has 0 spiro atoms. The van der Waals surface area contributed by atoms with Crippen LogP contribution in [0.15, 0.2) is 0 Å². The van der Waals surface area contributed by atoms with E-state index >= 15 is 0 Å². The highest BCUT2D eigenvalue weighted by Crippen LogP contribution is 1.80. The Hall–Kier alpha value is -0.450. The molecule has 0 amide bonds. The van der Waals surface area contributed by atoms with Crippen molar-refractivity contribution in [2.75, 3.05) is 6.54 Å². The molecule has 0 saturated heterocycles. The Kier molecular flexibility index (Phi) is 4.21. The molecule has 0 aliphatic rings. The minimum Gasteiger partial charge on any atom is -0.377 e. The Bertz CT molecular complexity index is 85.0. The number of aliphatic hydroxyl groups is 1. The van der Waals surface area contributed by atoms with Crippen LogP contribution in [0.3, 0.4) is 0 Å². The van der Waals surface area contributed by atoms with E-state index in [0.717, 1.165) is 0 Å². The first kappa shape index (κ1) is 8.55. The zero-order valence-electron chi connectivity index (χ0n) is 5.37. The van der Waals surface area contributed by atoms with Crippen molar-refractivity contribution in [3.8, 4) is 0 Å². The van der Waals surface area contributed by atoms with E-state index in [1.54, 1.807) is 6.92 Å². The molecule has 0 bridgehead atoms. The van der Waals surface area contributed by atoms with Crippen molar-refractivity contribution in [1.29, 1.82) is 0 Å². The maximum absolute atomic E-state index is 9.72. The monoisotopic (exact) mass is 132 g/mol. The number of rotatable bonds is 4. The largest absolute Gasteiger partial charge is 0.377 e. The van der Waals surface area contributed by atoms with Gasteiger partial charge in [-0.1, -0.05) is 0 Å². The van der Waals surface area contributed by atoms with E-state index in [1.165, 1.54) is 0 Å². The second-order valence-electron chi connectivity index (χ2n) is 1.88. The molecule has 4 heteroatoms. The average molecular weight is 132 g/mol. The van der Waals surface area contributed by atoms with Crippen LogP contribution in [-0.4, -0.2) is 30.2 Å². The molecule has 9 heavy (non-hydrogen) atoms. The van der Waals surface area contributed by atoms with Gasteiger partial charge in [-0.05, 0) is 6.92 Å². The minimum absolute atomic E-state index is 0.142. The Morgan fingerprint density at radius 2 is 2.44 bits per heavy atom. The number of carbonyl (C=O) groups excluding carboxylic acids is 1. The highest BCUT2D eigenvalue weighted by Gasteiger charge is 2.05. The maximum atomic E-state index is 9.72. The average Bonchev–Trinajstić information content (AvgIpc) is 1.82. The topological polar surface area (TPSA) is 75.3 Å². The van der Waals surface area contributed by atoms with Crippen LogP contribution in [0.4, 0.5) is 0 Å². The third kappa shape index (κ3) is 4.08. The lowest BCUT2D eigenvalue weighted by molar-refractivity contribution is -0.107. The molecule has 4 N–H and O–H groups in total. The van der Waals surface area contributed by atoms with Crippen LogP contribution in [0.1, 0.15) is 6.92 Å². The van der Waals surface area contributed by atoms with Gasteiger partial charge >= 0.3 is 0 Å². The van der Waals surface area contributed by atoms with Gasteiger partial charge in [-0.2, -0.15) is 0 Å². The summed E-state index contributed by atoms with van der Waals surface area (Å²) in [5.41, 5.74) is 5.25. The molecular formula is C5H12N2O2. The molecule has 2 atom stereocenters. The summed E-state index contributed by atoms with van der Waals surface area (Å²) in [6.07, 6.45) is -0.110. The number of nitrogens with one attached hydrogen (secondary N) is 1. The van der Waals surface area contributed by atoms with Crippen LogP contribution < -0.4 is 11.1 Å². The molecule has 1 unspecified atom stereocenters. The third-order valence-electron chi connectivity index (χ3n) is 0.908. The zero-order chi connectivity index (χ0) is 7.28. The molecule has 0 radical (unpaired) electrons. The fraction of sp³-hybridized carbons (Fsp3) is 0.800. The van der Waals surface area contributed by atoms with Gasteiger partial charge in [0.05, 0.1) is 6.54 Å². The van der Waals surface area contributed by atoms with Gasteiger partial charge in [0, 0.05) is 6.04 Å². The second kappa shape index (κ2) is 4.43. The van der Waals surface area contributed by atoms with Gasteiger partial charge in [-0.15, -0.1) is 0 Å². The van der Waals surface area contributed by atoms with Crippen LogP contribution in [0.5, 0.6) is 0 Å². The molecule has 0 rings (SSSR count). The van der Waals surface area contributed by atoms with E-state index in [-0.39, 0.29) is 12.6 Å². The number of aldehydes is 1. The van der Waals surface area contributed by atoms with E-state index < -0.39 is 6.23 Å². The molecule has 0 saturated carbocycles. The van der Waals surface area contributed by atoms with Gasteiger partial charge in [-0.25, -0.2) is 0 Å². The molecule has 0 fully saturated rings. The van der Waals surface area contributed by atoms with E-state index in [0.29, 0.717) is 6.29 Å². The van der Waals surface area contributed by atoms with Crippen molar-refractivity contribution in [1.82, 2.24) is 5.32 Å². The first-order chi connectivity index (χ1) is 4.18. The maximum Gasteiger partial charge on any atom is 0.133 e. The smallest absolute Gasteiger partial charge is 0.133 e. The van der Waals surface area contributed by atoms with Crippen LogP contribution in [0.25, 0.3) is 0 Å². The molecule has 0 heterocycles. The molecular weight excluding hydrogens is 120 g/mol. The Morgan fingerprint density at radius 3 is 2.78 bits per heavy atom. The zero-order valence-corrected chi connectivity index (χ0v) is 5.37. The van der Waals surface area contributed by atoms with Crippen molar-refractivity contribution in [3.63, 3.8) is 0 Å². The van der Waals surface area contributed by atoms with E-state index in [1.807, 2.05) is 0 Å². The lowest BCUT2D eigenvalue weighted by atomic mass is 10.3. The summed E-state index contributed by atoms with van der Waals surface area (Å²) in [5, 5.41) is 11.4. The third-order valence-corrected chi connectivity index (χ3v) is 0.908. The predicted molar refractivity (Wildman–Crippen MR) is 33.7 cm³/mol. The highest BCUT2D eigenvalue weighted by molar-refractivity contribution is 5.51. The van der Waals surface area contributed by atoms with Crippen molar-refractivity contribution in [2.24, 2.45) is 5.73 Å². The molecule has 0 aliphatic carbocycles. The van der Waals surface area contributed by atoms with Gasteiger partial charge in [0.1, 0.15) is 12.5 Å². The van der Waals surface area contributed by atoms with Gasteiger partial charge < -0.3 is 15.6 Å². The van der Waals surface area contributed by atoms with Crippen LogP contribution in [0, 0.1) is 0 Å².